The Morgan fingerprint density at radius 3 is 2.74 bits per heavy atom. The molecule has 19 heavy (non-hydrogen) atoms. The van der Waals surface area contributed by atoms with Crippen LogP contribution in [-0.4, -0.2) is 21.7 Å². The molecule has 0 saturated heterocycles. The molecule has 1 saturated carbocycles. The van der Waals surface area contributed by atoms with Crippen molar-refractivity contribution in [2.45, 2.75) is 64.5 Å². The SMILES string of the molecule is CCC(CC)C(=O)NC1CCCCC1n1cccn1. The highest BCUT2D eigenvalue weighted by Gasteiger charge is 2.29. The van der Waals surface area contributed by atoms with Gasteiger partial charge in [0.25, 0.3) is 0 Å². The number of nitrogens with zero attached hydrogens (tertiary/aromatic N) is 2. The fraction of sp³-hybridized carbons (Fsp3) is 0.733. The lowest BCUT2D eigenvalue weighted by molar-refractivity contribution is -0.126. The van der Waals surface area contributed by atoms with E-state index < -0.39 is 0 Å². The molecule has 4 heteroatoms. The Balaban J connectivity index is 2.02. The van der Waals surface area contributed by atoms with E-state index in [4.69, 9.17) is 0 Å². The first-order valence-electron chi connectivity index (χ1n) is 7.55. The maximum absolute atomic E-state index is 12.2. The Hall–Kier alpha value is -1.32. The minimum Gasteiger partial charge on any atom is -0.351 e. The summed E-state index contributed by atoms with van der Waals surface area (Å²) in [5.74, 6) is 0.370. The van der Waals surface area contributed by atoms with Crippen molar-refractivity contribution in [2.24, 2.45) is 5.92 Å². The van der Waals surface area contributed by atoms with Gasteiger partial charge >= 0.3 is 0 Å². The molecule has 1 amide bonds. The summed E-state index contributed by atoms with van der Waals surface area (Å²) in [5, 5.41) is 7.61. The number of amides is 1. The largest absolute Gasteiger partial charge is 0.351 e. The van der Waals surface area contributed by atoms with Crippen LogP contribution in [0.15, 0.2) is 18.5 Å². The molecule has 0 aliphatic heterocycles. The highest BCUT2D eigenvalue weighted by molar-refractivity contribution is 5.78. The predicted molar refractivity (Wildman–Crippen MR) is 75.7 cm³/mol. The second-order valence-corrected chi connectivity index (χ2v) is 5.47. The maximum Gasteiger partial charge on any atom is 0.223 e. The first kappa shape index (κ1) is 14.1. The van der Waals surface area contributed by atoms with E-state index in [-0.39, 0.29) is 17.9 Å². The molecule has 0 aromatic carbocycles. The van der Waals surface area contributed by atoms with Gasteiger partial charge in [-0.05, 0) is 31.7 Å². The van der Waals surface area contributed by atoms with E-state index in [1.807, 2.05) is 23.1 Å². The van der Waals surface area contributed by atoms with Crippen molar-refractivity contribution >= 4 is 5.91 Å². The van der Waals surface area contributed by atoms with Crippen molar-refractivity contribution < 1.29 is 4.79 Å². The summed E-state index contributed by atoms with van der Waals surface area (Å²) >= 11 is 0. The van der Waals surface area contributed by atoms with E-state index in [0.29, 0.717) is 6.04 Å². The van der Waals surface area contributed by atoms with Crippen LogP contribution < -0.4 is 5.32 Å². The van der Waals surface area contributed by atoms with Crippen LogP contribution in [0.1, 0.15) is 58.4 Å². The first-order chi connectivity index (χ1) is 9.26. The molecule has 1 fully saturated rings. The van der Waals surface area contributed by atoms with Crippen molar-refractivity contribution in [3.63, 3.8) is 0 Å². The molecule has 2 atom stereocenters. The summed E-state index contributed by atoms with van der Waals surface area (Å²) < 4.78 is 2.01. The normalized spacial score (nSPS) is 23.5. The second-order valence-electron chi connectivity index (χ2n) is 5.47. The van der Waals surface area contributed by atoms with Crippen LogP contribution in [0.25, 0.3) is 0 Å². The van der Waals surface area contributed by atoms with E-state index >= 15 is 0 Å². The second kappa shape index (κ2) is 6.73. The van der Waals surface area contributed by atoms with Crippen LogP contribution in [0.2, 0.25) is 0 Å². The summed E-state index contributed by atoms with van der Waals surface area (Å²) in [7, 11) is 0. The Labute approximate surface area is 115 Å². The van der Waals surface area contributed by atoms with E-state index in [9.17, 15) is 4.79 Å². The summed E-state index contributed by atoms with van der Waals surface area (Å²) in [6.07, 6.45) is 10.3. The lowest BCUT2D eigenvalue weighted by Crippen LogP contribution is -2.45. The molecule has 1 aromatic heterocycles. The smallest absolute Gasteiger partial charge is 0.223 e. The van der Waals surface area contributed by atoms with Gasteiger partial charge in [0.1, 0.15) is 0 Å². The Kier molecular flexibility index (Phi) is 5.00. The van der Waals surface area contributed by atoms with Crippen LogP contribution >= 0.6 is 0 Å². The predicted octanol–water partition coefficient (Wildman–Crippen LogP) is 2.92. The lowest BCUT2D eigenvalue weighted by atomic mass is 9.89. The van der Waals surface area contributed by atoms with Crippen molar-refractivity contribution in [1.29, 1.82) is 0 Å². The van der Waals surface area contributed by atoms with Gasteiger partial charge in [-0.3, -0.25) is 9.48 Å². The average molecular weight is 263 g/mol. The van der Waals surface area contributed by atoms with Crippen molar-refractivity contribution in [3.8, 4) is 0 Å². The number of nitrogens with one attached hydrogen (secondary N) is 1. The van der Waals surface area contributed by atoms with Crippen LogP contribution in [0.5, 0.6) is 0 Å². The summed E-state index contributed by atoms with van der Waals surface area (Å²) in [5.41, 5.74) is 0. The summed E-state index contributed by atoms with van der Waals surface area (Å²) in [4.78, 5) is 12.2. The third kappa shape index (κ3) is 3.37. The fourth-order valence-electron chi connectivity index (χ4n) is 3.03. The number of hydrogen-bond donors (Lipinski definition) is 1. The van der Waals surface area contributed by atoms with Crippen LogP contribution in [-0.2, 0) is 4.79 Å². The van der Waals surface area contributed by atoms with E-state index in [1.54, 1.807) is 0 Å². The van der Waals surface area contributed by atoms with Crippen LogP contribution in [0.3, 0.4) is 0 Å². The molecule has 0 bridgehead atoms. The number of carbonyl (C=O) groups is 1. The molecule has 0 radical (unpaired) electrons. The quantitative estimate of drug-likeness (QED) is 0.888. The topological polar surface area (TPSA) is 46.9 Å². The lowest BCUT2D eigenvalue weighted by Gasteiger charge is -2.33. The molecule has 2 unspecified atom stereocenters. The van der Waals surface area contributed by atoms with Gasteiger partial charge in [-0.2, -0.15) is 5.10 Å². The van der Waals surface area contributed by atoms with Crippen molar-refractivity contribution in [3.05, 3.63) is 18.5 Å². The zero-order chi connectivity index (χ0) is 13.7. The number of hydrogen-bond acceptors (Lipinski definition) is 2. The fourth-order valence-corrected chi connectivity index (χ4v) is 3.03. The molecule has 4 nitrogen and oxygen atoms in total. The molecule has 0 spiro atoms. The molecule has 1 heterocycles. The zero-order valence-electron chi connectivity index (χ0n) is 12.0. The highest BCUT2D eigenvalue weighted by atomic mass is 16.1. The highest BCUT2D eigenvalue weighted by Crippen LogP contribution is 2.28. The summed E-state index contributed by atoms with van der Waals surface area (Å²) in [6, 6.07) is 2.51. The van der Waals surface area contributed by atoms with Gasteiger partial charge in [-0.1, -0.05) is 26.7 Å². The van der Waals surface area contributed by atoms with Crippen molar-refractivity contribution in [2.75, 3.05) is 0 Å². The molecular formula is C15H25N3O. The minimum atomic E-state index is 0.153. The Bertz CT molecular complexity index is 384. The van der Waals surface area contributed by atoms with Gasteiger partial charge in [-0.25, -0.2) is 0 Å². The van der Waals surface area contributed by atoms with Gasteiger partial charge < -0.3 is 5.32 Å². The van der Waals surface area contributed by atoms with Gasteiger partial charge in [0.2, 0.25) is 5.91 Å². The van der Waals surface area contributed by atoms with Gasteiger partial charge in [0.15, 0.2) is 0 Å². The number of carbonyl (C=O) groups excluding carboxylic acids is 1. The monoisotopic (exact) mass is 263 g/mol. The molecule has 1 aliphatic carbocycles. The molecule has 106 valence electrons. The molecule has 1 aliphatic rings. The Morgan fingerprint density at radius 2 is 2.11 bits per heavy atom. The third-order valence-electron chi connectivity index (χ3n) is 4.28. The van der Waals surface area contributed by atoms with Gasteiger partial charge in [0, 0.05) is 18.3 Å². The van der Waals surface area contributed by atoms with E-state index in [0.717, 1.165) is 25.7 Å². The van der Waals surface area contributed by atoms with Gasteiger partial charge in [0.05, 0.1) is 12.1 Å². The molecular weight excluding hydrogens is 238 g/mol. The molecule has 1 aromatic rings. The third-order valence-corrected chi connectivity index (χ3v) is 4.28. The minimum absolute atomic E-state index is 0.153. The zero-order valence-corrected chi connectivity index (χ0v) is 12.0. The number of rotatable bonds is 5. The molecule has 1 N–H and O–H groups in total. The first-order valence-corrected chi connectivity index (χ1v) is 7.55. The average Bonchev–Trinajstić information content (AvgIpc) is 2.94. The standard InChI is InChI=1S/C15H25N3O/c1-3-12(4-2)15(19)17-13-8-5-6-9-14(13)18-11-7-10-16-18/h7,10-14H,3-6,8-9H2,1-2H3,(H,17,19). The Morgan fingerprint density at radius 1 is 1.37 bits per heavy atom. The van der Waals surface area contributed by atoms with E-state index in [1.165, 1.54) is 12.8 Å². The van der Waals surface area contributed by atoms with Gasteiger partial charge in [-0.15, -0.1) is 0 Å². The van der Waals surface area contributed by atoms with Crippen molar-refractivity contribution in [1.82, 2.24) is 15.1 Å². The number of aromatic nitrogens is 2. The molecule has 2 rings (SSSR count). The van der Waals surface area contributed by atoms with Crippen LogP contribution in [0.4, 0.5) is 0 Å². The summed E-state index contributed by atoms with van der Waals surface area (Å²) in [6.45, 7) is 4.17. The maximum atomic E-state index is 12.2. The van der Waals surface area contributed by atoms with E-state index in [2.05, 4.69) is 24.3 Å². The van der Waals surface area contributed by atoms with Crippen LogP contribution in [0, 0.1) is 5.92 Å².